The lowest BCUT2D eigenvalue weighted by molar-refractivity contribution is 0.0594. The summed E-state index contributed by atoms with van der Waals surface area (Å²) >= 11 is 3.12. The number of carbonyl (C=O) groups excluding carboxylic acids is 1. The minimum Gasteiger partial charge on any atom is -0.464 e. The molecule has 0 aliphatic rings. The van der Waals surface area contributed by atoms with Crippen LogP contribution in [0.2, 0.25) is 0 Å². The molecular formula is C12H15N3O2S2. The Bertz CT molecular complexity index is 592. The molecule has 2 aromatic rings. The molecule has 0 spiro atoms. The second-order valence-corrected chi connectivity index (χ2v) is 6.23. The maximum atomic E-state index is 11.5. The maximum absolute atomic E-state index is 11.5. The van der Waals surface area contributed by atoms with Crippen molar-refractivity contribution in [3.63, 3.8) is 0 Å². The van der Waals surface area contributed by atoms with Crippen LogP contribution in [0.3, 0.4) is 0 Å². The van der Waals surface area contributed by atoms with Crippen LogP contribution < -0.4 is 4.90 Å². The summed E-state index contributed by atoms with van der Waals surface area (Å²) in [6, 6.07) is 0. The van der Waals surface area contributed by atoms with Crippen LogP contribution in [-0.4, -0.2) is 30.1 Å². The minimum absolute atomic E-state index is 0.387. The van der Waals surface area contributed by atoms with Gasteiger partial charge in [-0.25, -0.2) is 14.8 Å². The highest BCUT2D eigenvalue weighted by Crippen LogP contribution is 2.27. The lowest BCUT2D eigenvalue weighted by Crippen LogP contribution is -2.16. The molecule has 7 heteroatoms. The normalized spacial score (nSPS) is 10.5. The molecule has 0 N–H and O–H groups in total. The average Bonchev–Trinajstić information content (AvgIpc) is 2.95. The first kappa shape index (κ1) is 14.0. The maximum Gasteiger partial charge on any atom is 0.357 e. The van der Waals surface area contributed by atoms with Crippen LogP contribution in [0.1, 0.15) is 25.9 Å². The molecule has 2 aromatic heterocycles. The Morgan fingerprint density at radius 1 is 1.47 bits per heavy atom. The third-order valence-electron chi connectivity index (χ3n) is 2.72. The minimum atomic E-state index is -0.387. The van der Waals surface area contributed by atoms with Crippen molar-refractivity contribution < 1.29 is 9.53 Å². The van der Waals surface area contributed by atoms with Crippen LogP contribution in [0.5, 0.6) is 0 Å². The van der Waals surface area contributed by atoms with Crippen molar-refractivity contribution in [1.82, 2.24) is 9.97 Å². The number of carbonyl (C=O) groups is 1. The zero-order valence-electron chi connectivity index (χ0n) is 11.3. The second kappa shape index (κ2) is 5.66. The molecular weight excluding hydrogens is 282 g/mol. The van der Waals surface area contributed by atoms with Gasteiger partial charge >= 0.3 is 5.97 Å². The fourth-order valence-electron chi connectivity index (χ4n) is 1.59. The summed E-state index contributed by atoms with van der Waals surface area (Å²) in [6.07, 6.45) is 0. The zero-order chi connectivity index (χ0) is 14.0. The number of rotatable bonds is 4. The molecule has 102 valence electrons. The average molecular weight is 297 g/mol. The van der Waals surface area contributed by atoms with Gasteiger partial charge in [0.25, 0.3) is 0 Å². The molecule has 0 aliphatic heterocycles. The molecule has 0 saturated heterocycles. The molecule has 2 rings (SSSR count). The van der Waals surface area contributed by atoms with Crippen LogP contribution >= 0.6 is 22.7 Å². The number of hydrogen-bond acceptors (Lipinski definition) is 7. The monoisotopic (exact) mass is 297 g/mol. The Hall–Kier alpha value is -1.47. The van der Waals surface area contributed by atoms with E-state index in [4.69, 9.17) is 4.74 Å². The molecule has 0 bridgehead atoms. The van der Waals surface area contributed by atoms with Crippen molar-refractivity contribution in [2.75, 3.05) is 19.1 Å². The Morgan fingerprint density at radius 2 is 2.21 bits per heavy atom. The summed E-state index contributed by atoms with van der Waals surface area (Å²) in [5.41, 5.74) is 3.28. The van der Waals surface area contributed by atoms with E-state index in [1.54, 1.807) is 11.3 Å². The van der Waals surface area contributed by atoms with Crippen molar-refractivity contribution in [1.29, 1.82) is 0 Å². The van der Waals surface area contributed by atoms with Gasteiger partial charge in [0.15, 0.2) is 10.8 Å². The van der Waals surface area contributed by atoms with Gasteiger partial charge < -0.3 is 9.64 Å². The van der Waals surface area contributed by atoms with Crippen LogP contribution in [-0.2, 0) is 11.3 Å². The predicted molar refractivity (Wildman–Crippen MR) is 77.1 cm³/mol. The molecule has 0 amide bonds. The van der Waals surface area contributed by atoms with Crippen LogP contribution in [0.25, 0.3) is 0 Å². The third-order valence-corrected chi connectivity index (χ3v) is 4.72. The number of thiazole rings is 2. The number of aromatic nitrogens is 2. The first-order chi connectivity index (χ1) is 9.02. The highest BCUT2D eigenvalue weighted by molar-refractivity contribution is 7.15. The van der Waals surface area contributed by atoms with Gasteiger partial charge in [-0.15, -0.1) is 22.7 Å². The van der Waals surface area contributed by atoms with E-state index in [9.17, 15) is 4.79 Å². The van der Waals surface area contributed by atoms with Crippen LogP contribution in [0, 0.1) is 13.8 Å². The smallest absolute Gasteiger partial charge is 0.357 e. The molecule has 0 saturated carbocycles. The van der Waals surface area contributed by atoms with Crippen molar-refractivity contribution >= 4 is 33.8 Å². The van der Waals surface area contributed by atoms with Gasteiger partial charge in [0.05, 0.1) is 24.9 Å². The first-order valence-electron chi connectivity index (χ1n) is 5.68. The summed E-state index contributed by atoms with van der Waals surface area (Å²) in [7, 11) is 3.32. The number of aryl methyl sites for hydroxylation is 2. The largest absolute Gasteiger partial charge is 0.464 e. The lowest BCUT2D eigenvalue weighted by atomic mass is 10.4. The van der Waals surface area contributed by atoms with E-state index in [1.807, 2.05) is 31.3 Å². The van der Waals surface area contributed by atoms with Gasteiger partial charge in [-0.3, -0.25) is 0 Å². The van der Waals surface area contributed by atoms with Gasteiger partial charge in [0.1, 0.15) is 0 Å². The quantitative estimate of drug-likeness (QED) is 0.812. The fraction of sp³-hybridized carbons (Fsp3) is 0.417. The summed E-state index contributed by atoms with van der Waals surface area (Å²) in [5, 5.41) is 0.811. The van der Waals surface area contributed by atoms with Crippen molar-refractivity contribution in [2.45, 2.75) is 20.4 Å². The van der Waals surface area contributed by atoms with E-state index < -0.39 is 0 Å². The highest BCUT2D eigenvalue weighted by atomic mass is 32.1. The Kier molecular flexibility index (Phi) is 4.16. The standard InChI is InChI=1S/C12H15N3O2S2/c1-7-9(18-6-13-7)5-15(3)12-14-10(8(2)19-12)11(16)17-4/h6H,5H2,1-4H3. The van der Waals surface area contributed by atoms with Crippen LogP contribution in [0.15, 0.2) is 5.51 Å². The number of anilines is 1. The Labute approximate surface area is 119 Å². The molecule has 0 aromatic carbocycles. The summed E-state index contributed by atoms with van der Waals surface area (Å²) in [5.74, 6) is -0.387. The number of nitrogens with zero attached hydrogens (tertiary/aromatic N) is 3. The van der Waals surface area contributed by atoms with Crippen molar-refractivity contribution in [3.05, 3.63) is 26.7 Å². The van der Waals surface area contributed by atoms with E-state index >= 15 is 0 Å². The van der Waals surface area contributed by atoms with Gasteiger partial charge in [-0.1, -0.05) is 0 Å². The molecule has 0 aliphatic carbocycles. The molecule has 0 fully saturated rings. The zero-order valence-corrected chi connectivity index (χ0v) is 12.9. The van der Waals surface area contributed by atoms with Gasteiger partial charge in [0.2, 0.25) is 0 Å². The van der Waals surface area contributed by atoms with E-state index in [1.165, 1.54) is 23.3 Å². The predicted octanol–water partition coefficient (Wildman–Crippen LogP) is 2.64. The SMILES string of the molecule is COC(=O)c1nc(N(C)Cc2scnc2C)sc1C. The topological polar surface area (TPSA) is 55.3 Å². The van der Waals surface area contributed by atoms with Crippen LogP contribution in [0.4, 0.5) is 5.13 Å². The second-order valence-electron chi connectivity index (χ2n) is 4.11. The Balaban J connectivity index is 2.18. The molecule has 2 heterocycles. The molecule has 5 nitrogen and oxygen atoms in total. The molecule has 0 radical (unpaired) electrons. The van der Waals surface area contributed by atoms with E-state index in [2.05, 4.69) is 9.97 Å². The molecule has 0 atom stereocenters. The summed E-state index contributed by atoms with van der Waals surface area (Å²) in [6.45, 7) is 4.61. The summed E-state index contributed by atoms with van der Waals surface area (Å²) < 4.78 is 4.71. The third kappa shape index (κ3) is 2.93. The molecule has 19 heavy (non-hydrogen) atoms. The van der Waals surface area contributed by atoms with Gasteiger partial charge in [-0.05, 0) is 13.8 Å². The van der Waals surface area contributed by atoms with Crippen molar-refractivity contribution in [2.24, 2.45) is 0 Å². The van der Waals surface area contributed by atoms with E-state index in [0.717, 1.165) is 22.2 Å². The number of esters is 1. The highest BCUT2D eigenvalue weighted by Gasteiger charge is 2.18. The number of methoxy groups -OCH3 is 1. The van der Waals surface area contributed by atoms with E-state index in [-0.39, 0.29) is 5.97 Å². The number of hydrogen-bond donors (Lipinski definition) is 0. The molecule has 0 unspecified atom stereocenters. The van der Waals surface area contributed by atoms with Gasteiger partial charge in [-0.2, -0.15) is 0 Å². The first-order valence-corrected chi connectivity index (χ1v) is 7.38. The number of ether oxygens (including phenoxy) is 1. The van der Waals surface area contributed by atoms with Gasteiger partial charge in [0, 0.05) is 16.8 Å². The summed E-state index contributed by atoms with van der Waals surface area (Å²) in [4.78, 5) is 24.2. The fourth-order valence-corrected chi connectivity index (χ4v) is 3.28. The van der Waals surface area contributed by atoms with E-state index in [0.29, 0.717) is 5.69 Å². The lowest BCUT2D eigenvalue weighted by Gasteiger charge is -2.14. The Morgan fingerprint density at radius 3 is 2.79 bits per heavy atom. The van der Waals surface area contributed by atoms with Crippen molar-refractivity contribution in [3.8, 4) is 0 Å².